The van der Waals surface area contributed by atoms with E-state index < -0.39 is 11.7 Å². The number of thiocarbonyl (C=S) groups is 1. The van der Waals surface area contributed by atoms with E-state index in [1.807, 2.05) is 0 Å². The number of nitrogens with one attached hydrogen (secondary N) is 2. The van der Waals surface area contributed by atoms with Crippen molar-refractivity contribution in [3.05, 3.63) is 52.0 Å². The van der Waals surface area contributed by atoms with Crippen LogP contribution in [0.25, 0.3) is 0 Å². The molecule has 128 valence electrons. The molecule has 2 N–H and O–H groups in total. The van der Waals surface area contributed by atoms with Crippen molar-refractivity contribution < 1.29 is 17.9 Å². The van der Waals surface area contributed by atoms with Gasteiger partial charge in [0, 0.05) is 10.0 Å². The molecule has 0 aliphatic heterocycles. The largest absolute Gasteiger partial charge is 0.495 e. The van der Waals surface area contributed by atoms with Crippen molar-refractivity contribution in [1.82, 2.24) is 0 Å². The van der Waals surface area contributed by atoms with Crippen molar-refractivity contribution in [2.75, 3.05) is 17.7 Å². The van der Waals surface area contributed by atoms with E-state index in [0.29, 0.717) is 16.5 Å². The third-order valence-corrected chi connectivity index (χ3v) is 3.62. The second kappa shape index (κ2) is 7.46. The highest BCUT2D eigenvalue weighted by molar-refractivity contribution is 7.80. The Morgan fingerprint density at radius 3 is 2.21 bits per heavy atom. The first-order valence-corrected chi connectivity index (χ1v) is 7.65. The molecule has 2 aromatic carbocycles. The molecule has 2 aromatic rings. The van der Waals surface area contributed by atoms with E-state index in [1.54, 1.807) is 18.2 Å². The number of halogens is 5. The second-order valence-electron chi connectivity index (χ2n) is 4.61. The normalized spacial score (nSPS) is 11.1. The number of hydrogen-bond donors (Lipinski definition) is 2. The maximum atomic E-state index is 13.1. The van der Waals surface area contributed by atoms with E-state index in [-0.39, 0.29) is 15.8 Å². The molecule has 0 radical (unpaired) electrons. The minimum Gasteiger partial charge on any atom is -0.495 e. The van der Waals surface area contributed by atoms with Crippen LogP contribution in [0.3, 0.4) is 0 Å². The fraction of sp³-hybridized carbons (Fsp3) is 0.133. The molecule has 0 heterocycles. The summed E-state index contributed by atoms with van der Waals surface area (Å²) in [5.41, 5.74) is -0.715. The first-order chi connectivity index (χ1) is 11.2. The van der Waals surface area contributed by atoms with Crippen LogP contribution in [0, 0.1) is 0 Å². The summed E-state index contributed by atoms with van der Waals surface area (Å²) in [5, 5.41) is 5.60. The maximum Gasteiger partial charge on any atom is 0.418 e. The van der Waals surface area contributed by atoms with E-state index in [0.717, 1.165) is 6.07 Å². The summed E-state index contributed by atoms with van der Waals surface area (Å²) in [7, 11) is 1.45. The molecule has 0 aliphatic carbocycles. The molecule has 0 aliphatic rings. The van der Waals surface area contributed by atoms with Gasteiger partial charge in [-0.1, -0.05) is 23.2 Å². The number of anilines is 2. The highest BCUT2D eigenvalue weighted by Crippen LogP contribution is 2.36. The zero-order chi connectivity index (χ0) is 17.9. The maximum absolute atomic E-state index is 13.1. The number of alkyl halides is 3. The molecule has 24 heavy (non-hydrogen) atoms. The highest BCUT2D eigenvalue weighted by Gasteiger charge is 2.34. The Morgan fingerprint density at radius 1 is 1.00 bits per heavy atom. The quantitative estimate of drug-likeness (QED) is 0.641. The predicted molar refractivity (Wildman–Crippen MR) is 94.3 cm³/mol. The molecule has 0 bridgehead atoms. The average molecular weight is 395 g/mol. The summed E-state index contributed by atoms with van der Waals surface area (Å²) in [4.78, 5) is 0. The van der Waals surface area contributed by atoms with Crippen LogP contribution < -0.4 is 15.4 Å². The zero-order valence-electron chi connectivity index (χ0n) is 12.2. The van der Waals surface area contributed by atoms with Crippen LogP contribution in [0.1, 0.15) is 5.56 Å². The van der Waals surface area contributed by atoms with E-state index in [4.69, 9.17) is 40.2 Å². The summed E-state index contributed by atoms with van der Waals surface area (Å²) in [6.45, 7) is 0. The predicted octanol–water partition coefficient (Wildman–Crippen LogP) is 5.83. The van der Waals surface area contributed by atoms with Crippen LogP contribution in [-0.2, 0) is 6.18 Å². The fourth-order valence-corrected chi connectivity index (χ4v) is 2.48. The number of methoxy groups -OCH3 is 1. The number of benzene rings is 2. The topological polar surface area (TPSA) is 33.3 Å². The molecule has 9 heteroatoms. The Bertz CT molecular complexity index is 769. The van der Waals surface area contributed by atoms with Gasteiger partial charge in [-0.15, -0.1) is 0 Å². The monoisotopic (exact) mass is 394 g/mol. The minimum absolute atomic E-state index is 0.0248. The first kappa shape index (κ1) is 18.6. The Kier molecular flexibility index (Phi) is 5.79. The van der Waals surface area contributed by atoms with Crippen LogP contribution >= 0.6 is 35.4 Å². The van der Waals surface area contributed by atoms with Crippen molar-refractivity contribution in [3.63, 3.8) is 0 Å². The molecule has 2 rings (SSSR count). The summed E-state index contributed by atoms with van der Waals surface area (Å²) >= 11 is 16.6. The fourth-order valence-electron chi connectivity index (χ4n) is 1.91. The van der Waals surface area contributed by atoms with Crippen LogP contribution in [0.15, 0.2) is 36.4 Å². The second-order valence-corrected chi connectivity index (χ2v) is 5.89. The van der Waals surface area contributed by atoms with Crippen LogP contribution in [0.5, 0.6) is 5.75 Å². The highest BCUT2D eigenvalue weighted by atomic mass is 35.5. The van der Waals surface area contributed by atoms with Crippen LogP contribution in [-0.4, -0.2) is 12.2 Å². The summed E-state index contributed by atoms with van der Waals surface area (Å²) in [6.07, 6.45) is -4.57. The van der Waals surface area contributed by atoms with Gasteiger partial charge in [0.2, 0.25) is 0 Å². The summed E-state index contributed by atoms with van der Waals surface area (Å²) < 4.78 is 44.4. The number of rotatable bonds is 3. The lowest BCUT2D eigenvalue weighted by atomic mass is 10.1. The smallest absolute Gasteiger partial charge is 0.418 e. The molecule has 0 unspecified atom stereocenters. The molecule has 0 atom stereocenters. The molecular formula is C15H11Cl2F3N2OS. The van der Waals surface area contributed by atoms with Crippen LogP contribution in [0.4, 0.5) is 24.5 Å². The van der Waals surface area contributed by atoms with Gasteiger partial charge in [-0.05, 0) is 48.6 Å². The molecule has 0 saturated heterocycles. The van der Waals surface area contributed by atoms with Crippen molar-refractivity contribution in [2.45, 2.75) is 6.18 Å². The SMILES string of the molecule is COc1ccc(Cl)cc1NC(=S)Nc1ccc(Cl)cc1C(F)(F)F. The minimum atomic E-state index is -4.57. The standard InChI is InChI=1S/C15H11Cl2F3N2OS/c1-23-13-5-3-9(17)7-12(13)22-14(24)21-11-4-2-8(16)6-10(11)15(18,19)20/h2-7H,1H3,(H2,21,22,24). The van der Waals surface area contributed by atoms with E-state index in [1.165, 1.54) is 19.2 Å². The Morgan fingerprint density at radius 2 is 1.58 bits per heavy atom. The van der Waals surface area contributed by atoms with E-state index in [9.17, 15) is 13.2 Å². The van der Waals surface area contributed by atoms with Crippen molar-refractivity contribution in [2.24, 2.45) is 0 Å². The summed E-state index contributed by atoms with van der Waals surface area (Å²) in [5.74, 6) is 0.440. The van der Waals surface area contributed by atoms with Crippen LogP contribution in [0.2, 0.25) is 10.0 Å². The zero-order valence-corrected chi connectivity index (χ0v) is 14.5. The lowest BCUT2D eigenvalue weighted by Crippen LogP contribution is -2.22. The van der Waals surface area contributed by atoms with Gasteiger partial charge in [0.15, 0.2) is 5.11 Å². The molecule has 0 amide bonds. The molecule has 0 saturated carbocycles. The third-order valence-electron chi connectivity index (χ3n) is 2.94. The van der Waals surface area contributed by atoms with Crippen molar-refractivity contribution >= 4 is 51.9 Å². The molecular weight excluding hydrogens is 384 g/mol. The first-order valence-electron chi connectivity index (χ1n) is 6.49. The lowest BCUT2D eigenvalue weighted by Gasteiger charge is -2.17. The Hall–Kier alpha value is -1.70. The number of ether oxygens (including phenoxy) is 1. The lowest BCUT2D eigenvalue weighted by molar-refractivity contribution is -0.136. The van der Waals surface area contributed by atoms with Gasteiger partial charge in [0.05, 0.1) is 24.0 Å². The van der Waals surface area contributed by atoms with E-state index in [2.05, 4.69) is 10.6 Å². The average Bonchev–Trinajstić information content (AvgIpc) is 2.48. The van der Waals surface area contributed by atoms with Crippen molar-refractivity contribution in [3.8, 4) is 5.75 Å². The number of hydrogen-bond acceptors (Lipinski definition) is 2. The van der Waals surface area contributed by atoms with Gasteiger partial charge in [-0.3, -0.25) is 0 Å². The molecule has 0 fully saturated rings. The van der Waals surface area contributed by atoms with Gasteiger partial charge in [0.1, 0.15) is 5.75 Å². The van der Waals surface area contributed by atoms with E-state index >= 15 is 0 Å². The third kappa shape index (κ3) is 4.66. The van der Waals surface area contributed by atoms with Gasteiger partial charge in [-0.2, -0.15) is 13.2 Å². The van der Waals surface area contributed by atoms with Gasteiger partial charge < -0.3 is 15.4 Å². The molecule has 3 nitrogen and oxygen atoms in total. The van der Waals surface area contributed by atoms with Gasteiger partial charge >= 0.3 is 6.18 Å². The van der Waals surface area contributed by atoms with Gasteiger partial charge in [-0.25, -0.2) is 0 Å². The molecule has 0 aromatic heterocycles. The Balaban J connectivity index is 2.24. The van der Waals surface area contributed by atoms with Crippen molar-refractivity contribution in [1.29, 1.82) is 0 Å². The van der Waals surface area contributed by atoms with Gasteiger partial charge in [0.25, 0.3) is 0 Å². The molecule has 0 spiro atoms. The Labute approximate surface area is 151 Å². The summed E-state index contributed by atoms with van der Waals surface area (Å²) in [6, 6.07) is 8.13.